The van der Waals surface area contributed by atoms with Crippen LogP contribution in [0.25, 0.3) is 0 Å². The van der Waals surface area contributed by atoms with Gasteiger partial charge in [0.25, 0.3) is 5.91 Å². The van der Waals surface area contributed by atoms with Crippen LogP contribution in [0.1, 0.15) is 26.5 Å². The van der Waals surface area contributed by atoms with Crippen molar-refractivity contribution < 1.29 is 14.3 Å². The first kappa shape index (κ1) is 11.8. The maximum atomic E-state index is 12.2. The van der Waals surface area contributed by atoms with E-state index < -0.39 is 0 Å². The first-order chi connectivity index (χ1) is 9.79. The first-order valence-corrected chi connectivity index (χ1v) is 7.44. The summed E-state index contributed by atoms with van der Waals surface area (Å²) in [6.45, 7) is 0.240. The second kappa shape index (κ2) is 4.52. The van der Waals surface area contributed by atoms with Gasteiger partial charge in [0.1, 0.15) is 0 Å². The summed E-state index contributed by atoms with van der Waals surface area (Å²) < 4.78 is 10.6. The second-order valence-electron chi connectivity index (χ2n) is 4.93. The molecule has 2 aromatic rings. The molecule has 0 saturated carbocycles. The Kier molecular flexibility index (Phi) is 2.67. The summed E-state index contributed by atoms with van der Waals surface area (Å²) >= 11 is 1.61. The van der Waals surface area contributed by atoms with E-state index in [1.165, 1.54) is 16.9 Å². The average Bonchev–Trinajstić information content (AvgIpc) is 3.12. The lowest BCUT2D eigenvalue weighted by Gasteiger charge is -2.04. The maximum absolute atomic E-state index is 12.2. The molecule has 1 N–H and O–H groups in total. The van der Waals surface area contributed by atoms with E-state index in [4.69, 9.17) is 9.47 Å². The molecule has 5 heteroatoms. The van der Waals surface area contributed by atoms with Crippen LogP contribution in [0.3, 0.4) is 0 Å². The number of fused-ring (bicyclic) bond motifs is 2. The number of carbonyl (C=O) groups excluding carboxylic acids is 1. The summed E-state index contributed by atoms with van der Waals surface area (Å²) in [6.07, 6.45) is 3.42. The largest absolute Gasteiger partial charge is 0.454 e. The van der Waals surface area contributed by atoms with Crippen molar-refractivity contribution in [3.8, 4) is 11.5 Å². The van der Waals surface area contributed by atoms with E-state index >= 15 is 0 Å². The van der Waals surface area contributed by atoms with Gasteiger partial charge in [-0.2, -0.15) is 0 Å². The molecule has 0 spiro atoms. The molecule has 1 aromatic heterocycles. The molecular weight excluding hydrogens is 274 g/mol. The van der Waals surface area contributed by atoms with Gasteiger partial charge in [-0.25, -0.2) is 0 Å². The van der Waals surface area contributed by atoms with E-state index in [0.29, 0.717) is 5.75 Å². The minimum atomic E-state index is -0.0525. The van der Waals surface area contributed by atoms with Gasteiger partial charge >= 0.3 is 0 Å². The number of carbonyl (C=O) groups is 1. The summed E-state index contributed by atoms with van der Waals surface area (Å²) in [5, 5.41) is 2.91. The zero-order valence-electron chi connectivity index (χ0n) is 10.8. The highest BCUT2D eigenvalue weighted by Gasteiger charge is 2.19. The Labute approximate surface area is 120 Å². The molecule has 1 amide bonds. The van der Waals surface area contributed by atoms with Gasteiger partial charge in [0.05, 0.1) is 4.88 Å². The van der Waals surface area contributed by atoms with Gasteiger partial charge in [0.2, 0.25) is 6.79 Å². The number of thiophene rings is 1. The summed E-state index contributed by atoms with van der Waals surface area (Å²) in [6, 6.07) is 7.45. The third-order valence-corrected chi connectivity index (χ3v) is 4.84. The Bertz CT molecular complexity index is 671. The smallest absolute Gasteiger partial charge is 0.265 e. The molecule has 0 radical (unpaired) electrons. The van der Waals surface area contributed by atoms with Crippen molar-refractivity contribution in [2.45, 2.75) is 19.3 Å². The van der Waals surface area contributed by atoms with Crippen molar-refractivity contribution in [3.05, 3.63) is 39.6 Å². The monoisotopic (exact) mass is 287 g/mol. The van der Waals surface area contributed by atoms with E-state index in [2.05, 4.69) is 5.32 Å². The van der Waals surface area contributed by atoms with E-state index in [1.54, 1.807) is 17.4 Å². The molecular formula is C15H13NO3S. The van der Waals surface area contributed by atoms with Gasteiger partial charge in [-0.1, -0.05) is 0 Å². The molecule has 2 aliphatic rings. The lowest BCUT2D eigenvalue weighted by molar-refractivity contribution is 0.103. The van der Waals surface area contributed by atoms with Crippen LogP contribution in [-0.4, -0.2) is 12.7 Å². The number of hydrogen-bond acceptors (Lipinski definition) is 4. The highest BCUT2D eigenvalue weighted by molar-refractivity contribution is 7.14. The van der Waals surface area contributed by atoms with Crippen LogP contribution >= 0.6 is 11.3 Å². The number of benzene rings is 1. The van der Waals surface area contributed by atoms with E-state index in [0.717, 1.165) is 29.2 Å². The Morgan fingerprint density at radius 3 is 2.95 bits per heavy atom. The molecule has 1 aliphatic carbocycles. The Morgan fingerprint density at radius 1 is 1.15 bits per heavy atom. The summed E-state index contributed by atoms with van der Waals surface area (Å²) in [5.41, 5.74) is 2.07. The number of hydrogen-bond donors (Lipinski definition) is 1. The number of ether oxygens (including phenoxy) is 2. The lowest BCUT2D eigenvalue weighted by atomic mass is 10.2. The minimum absolute atomic E-state index is 0.0525. The molecule has 4 rings (SSSR count). The van der Waals surface area contributed by atoms with Gasteiger partial charge in [0.15, 0.2) is 11.5 Å². The number of rotatable bonds is 2. The lowest BCUT2D eigenvalue weighted by Crippen LogP contribution is -2.10. The quantitative estimate of drug-likeness (QED) is 0.922. The van der Waals surface area contributed by atoms with Gasteiger partial charge in [-0.3, -0.25) is 4.79 Å². The van der Waals surface area contributed by atoms with Crippen molar-refractivity contribution in [1.82, 2.24) is 0 Å². The minimum Gasteiger partial charge on any atom is -0.454 e. The van der Waals surface area contributed by atoms with Crippen molar-refractivity contribution in [2.24, 2.45) is 0 Å². The van der Waals surface area contributed by atoms with Gasteiger partial charge in [0, 0.05) is 16.6 Å². The predicted molar refractivity (Wildman–Crippen MR) is 76.9 cm³/mol. The SMILES string of the molecule is O=C(Nc1ccc2c(c1)OCO2)c1cc2c(s1)CCC2. The van der Waals surface area contributed by atoms with Crippen molar-refractivity contribution >= 4 is 22.9 Å². The molecule has 102 valence electrons. The van der Waals surface area contributed by atoms with Crippen LogP contribution in [0.4, 0.5) is 5.69 Å². The van der Waals surface area contributed by atoms with Gasteiger partial charge in [-0.05, 0) is 43.0 Å². The normalized spacial score (nSPS) is 15.2. The maximum Gasteiger partial charge on any atom is 0.265 e. The third-order valence-electron chi connectivity index (χ3n) is 3.60. The van der Waals surface area contributed by atoms with Crippen LogP contribution in [0.15, 0.2) is 24.3 Å². The molecule has 0 bridgehead atoms. The Balaban J connectivity index is 1.54. The van der Waals surface area contributed by atoms with Gasteiger partial charge in [-0.15, -0.1) is 11.3 Å². The molecule has 0 unspecified atom stereocenters. The highest BCUT2D eigenvalue weighted by atomic mass is 32.1. The fourth-order valence-electron chi connectivity index (χ4n) is 2.61. The molecule has 20 heavy (non-hydrogen) atoms. The zero-order chi connectivity index (χ0) is 13.5. The molecule has 0 fully saturated rings. The van der Waals surface area contributed by atoms with Crippen LogP contribution in [0.5, 0.6) is 11.5 Å². The fraction of sp³-hybridized carbons (Fsp3) is 0.267. The second-order valence-corrected chi connectivity index (χ2v) is 6.07. The Hall–Kier alpha value is -2.01. The van der Waals surface area contributed by atoms with Crippen molar-refractivity contribution in [2.75, 3.05) is 12.1 Å². The molecule has 0 saturated heterocycles. The fourth-order valence-corrected chi connectivity index (χ4v) is 3.76. The van der Waals surface area contributed by atoms with Crippen LogP contribution in [0, 0.1) is 0 Å². The molecule has 2 heterocycles. The van der Waals surface area contributed by atoms with Gasteiger partial charge < -0.3 is 14.8 Å². The number of amides is 1. The average molecular weight is 287 g/mol. The van der Waals surface area contributed by atoms with E-state index in [-0.39, 0.29) is 12.7 Å². The topological polar surface area (TPSA) is 47.6 Å². The summed E-state index contributed by atoms with van der Waals surface area (Å²) in [5.74, 6) is 1.35. The standard InChI is InChI=1S/C15H13NO3S/c17-15(14-6-9-2-1-3-13(9)20-14)16-10-4-5-11-12(7-10)19-8-18-11/h4-7H,1-3,8H2,(H,16,17). The zero-order valence-corrected chi connectivity index (χ0v) is 11.6. The molecule has 1 aliphatic heterocycles. The van der Waals surface area contributed by atoms with Crippen LogP contribution < -0.4 is 14.8 Å². The van der Waals surface area contributed by atoms with E-state index in [1.807, 2.05) is 18.2 Å². The summed E-state index contributed by atoms with van der Waals surface area (Å²) in [7, 11) is 0. The predicted octanol–water partition coefficient (Wildman–Crippen LogP) is 3.22. The number of anilines is 1. The molecule has 1 aromatic carbocycles. The highest BCUT2D eigenvalue weighted by Crippen LogP contribution is 2.35. The number of nitrogens with one attached hydrogen (secondary N) is 1. The summed E-state index contributed by atoms with van der Waals surface area (Å²) in [4.78, 5) is 14.4. The number of aryl methyl sites for hydroxylation is 2. The van der Waals surface area contributed by atoms with Crippen molar-refractivity contribution in [3.63, 3.8) is 0 Å². The first-order valence-electron chi connectivity index (χ1n) is 6.62. The molecule has 0 atom stereocenters. The Morgan fingerprint density at radius 2 is 2.05 bits per heavy atom. The van der Waals surface area contributed by atoms with Crippen LogP contribution in [-0.2, 0) is 12.8 Å². The van der Waals surface area contributed by atoms with E-state index in [9.17, 15) is 4.79 Å². The molecule has 4 nitrogen and oxygen atoms in total. The third kappa shape index (κ3) is 1.94. The van der Waals surface area contributed by atoms with Crippen LogP contribution in [0.2, 0.25) is 0 Å². The van der Waals surface area contributed by atoms with Crippen molar-refractivity contribution in [1.29, 1.82) is 0 Å².